The minimum atomic E-state index is -0.667. The number of ether oxygens (including phenoxy) is 1. The average Bonchev–Trinajstić information content (AvgIpc) is 2.69. The number of aliphatic hydroxyl groups is 3. The molecule has 0 radical (unpaired) electrons. The van der Waals surface area contributed by atoms with E-state index in [9.17, 15) is 9.59 Å². The maximum Gasteiger partial charge on any atom is 0.140 e. The van der Waals surface area contributed by atoms with Crippen LogP contribution in [0, 0.1) is 5.41 Å². The lowest BCUT2D eigenvalue weighted by molar-refractivity contribution is -0.130. The number of carbonyl (C=O) groups excluding carboxylic acids is 2. The lowest BCUT2D eigenvalue weighted by Gasteiger charge is -2.24. The van der Waals surface area contributed by atoms with E-state index in [4.69, 9.17) is 20.1 Å². The summed E-state index contributed by atoms with van der Waals surface area (Å²) in [7, 11) is 0. The molecule has 0 unspecified atom stereocenters. The van der Waals surface area contributed by atoms with Gasteiger partial charge in [0.1, 0.15) is 17.3 Å². The van der Waals surface area contributed by atoms with E-state index in [1.165, 1.54) is 0 Å². The van der Waals surface area contributed by atoms with Gasteiger partial charge in [-0.3, -0.25) is 9.59 Å². The first-order valence-electron chi connectivity index (χ1n) is 9.52. The van der Waals surface area contributed by atoms with E-state index in [1.807, 2.05) is 31.2 Å². The van der Waals surface area contributed by atoms with Crippen molar-refractivity contribution in [2.24, 2.45) is 5.41 Å². The molecule has 0 bridgehead atoms. The second kappa shape index (κ2) is 11.8. The maximum atomic E-state index is 11.4. The van der Waals surface area contributed by atoms with Gasteiger partial charge in [0, 0.05) is 18.3 Å². The fraction of sp³-hybridized carbons (Fsp3) is 0.619. The van der Waals surface area contributed by atoms with Gasteiger partial charge in [0.15, 0.2) is 0 Å². The molecule has 0 aromatic heterocycles. The number of hydrogen-bond donors (Lipinski definition) is 3. The Morgan fingerprint density at radius 3 is 1.85 bits per heavy atom. The van der Waals surface area contributed by atoms with Crippen LogP contribution >= 0.6 is 0 Å². The third-order valence-corrected chi connectivity index (χ3v) is 4.92. The van der Waals surface area contributed by atoms with E-state index in [-0.39, 0.29) is 43.7 Å². The van der Waals surface area contributed by atoms with E-state index < -0.39 is 5.41 Å². The highest BCUT2D eigenvalue weighted by Crippen LogP contribution is 2.30. The number of carbonyl (C=O) groups is 2. The molecular weight excluding hydrogens is 348 g/mol. The van der Waals surface area contributed by atoms with E-state index in [1.54, 1.807) is 0 Å². The van der Waals surface area contributed by atoms with Crippen LogP contribution in [0.15, 0.2) is 24.3 Å². The summed E-state index contributed by atoms with van der Waals surface area (Å²) in [5.41, 5.74) is 0.389. The lowest BCUT2D eigenvalue weighted by Crippen LogP contribution is -2.32. The Hall–Kier alpha value is -1.76. The summed E-state index contributed by atoms with van der Waals surface area (Å²) in [5, 5.41) is 26.0. The first-order valence-corrected chi connectivity index (χ1v) is 9.52. The molecule has 0 heterocycles. The summed E-state index contributed by atoms with van der Waals surface area (Å²) in [6.45, 7) is 4.12. The van der Waals surface area contributed by atoms with Crippen molar-refractivity contribution >= 4 is 11.6 Å². The minimum Gasteiger partial charge on any atom is -0.494 e. The summed E-state index contributed by atoms with van der Waals surface area (Å²) < 4.78 is 5.51. The van der Waals surface area contributed by atoms with Crippen molar-refractivity contribution in [1.82, 2.24) is 0 Å². The van der Waals surface area contributed by atoms with Crippen LogP contribution in [0.3, 0.4) is 0 Å². The average molecular weight is 380 g/mol. The zero-order valence-electron chi connectivity index (χ0n) is 16.3. The second-order valence-electron chi connectivity index (χ2n) is 7.10. The Bertz CT molecular complexity index is 543. The Morgan fingerprint density at radius 1 is 0.963 bits per heavy atom. The fourth-order valence-corrected chi connectivity index (χ4v) is 2.76. The molecule has 27 heavy (non-hydrogen) atoms. The zero-order chi connectivity index (χ0) is 20.3. The molecule has 1 fully saturated rings. The largest absolute Gasteiger partial charge is 0.494 e. The van der Waals surface area contributed by atoms with E-state index in [2.05, 4.69) is 6.92 Å². The summed E-state index contributed by atoms with van der Waals surface area (Å²) >= 11 is 0. The van der Waals surface area contributed by atoms with Crippen molar-refractivity contribution in [2.75, 3.05) is 26.4 Å². The lowest BCUT2D eigenvalue weighted by atomic mass is 9.83. The van der Waals surface area contributed by atoms with Crippen LogP contribution < -0.4 is 4.74 Å². The van der Waals surface area contributed by atoms with E-state index in [0.29, 0.717) is 25.9 Å². The van der Waals surface area contributed by atoms with Gasteiger partial charge in [-0.25, -0.2) is 0 Å². The predicted molar refractivity (Wildman–Crippen MR) is 103 cm³/mol. The van der Waals surface area contributed by atoms with Crippen LogP contribution in [0.1, 0.15) is 57.4 Å². The molecule has 3 N–H and O–H groups in total. The van der Waals surface area contributed by atoms with Crippen molar-refractivity contribution in [3.63, 3.8) is 0 Å². The minimum absolute atomic E-state index is 0.0546. The molecule has 1 aromatic carbocycles. The van der Waals surface area contributed by atoms with Crippen LogP contribution in [0.25, 0.3) is 0 Å². The molecule has 6 heteroatoms. The third-order valence-electron chi connectivity index (χ3n) is 4.92. The van der Waals surface area contributed by atoms with Crippen LogP contribution in [-0.2, 0) is 9.59 Å². The molecule has 6 nitrogen and oxygen atoms in total. The van der Waals surface area contributed by atoms with Gasteiger partial charge in [0.25, 0.3) is 0 Å². The monoisotopic (exact) mass is 380 g/mol. The first-order chi connectivity index (χ1) is 12.9. The molecule has 1 aromatic rings. The molecule has 0 spiro atoms. The molecule has 2 rings (SSSR count). The van der Waals surface area contributed by atoms with Gasteiger partial charge in [-0.1, -0.05) is 26.0 Å². The van der Waals surface area contributed by atoms with Crippen LogP contribution in [0.4, 0.5) is 0 Å². The van der Waals surface area contributed by atoms with Crippen molar-refractivity contribution in [3.8, 4) is 5.75 Å². The van der Waals surface area contributed by atoms with Crippen LogP contribution in [-0.4, -0.2) is 53.3 Å². The summed E-state index contributed by atoms with van der Waals surface area (Å²) in [5.74, 6) is 1.01. The summed E-state index contributed by atoms with van der Waals surface area (Å²) in [4.78, 5) is 22.8. The Kier molecular flexibility index (Phi) is 10.2. The fourth-order valence-electron chi connectivity index (χ4n) is 2.76. The first kappa shape index (κ1) is 23.3. The molecular formula is C21H32O6. The quantitative estimate of drug-likeness (QED) is 0.598. The second-order valence-corrected chi connectivity index (χ2v) is 7.10. The van der Waals surface area contributed by atoms with Crippen LogP contribution in [0.5, 0.6) is 5.75 Å². The number of Topliss-reactive ketones (excluding diaryl/α,β-unsaturated/α-hetero) is 2. The maximum absolute atomic E-state index is 11.4. The number of ketones is 2. The number of hydrogen-bond acceptors (Lipinski definition) is 6. The van der Waals surface area contributed by atoms with Crippen molar-refractivity contribution < 1.29 is 29.6 Å². The van der Waals surface area contributed by atoms with Gasteiger partial charge in [-0.05, 0) is 36.5 Å². The summed E-state index contributed by atoms with van der Waals surface area (Å²) in [6.07, 6.45) is 2.67. The Balaban J connectivity index is 0.000000345. The van der Waals surface area contributed by atoms with Crippen LogP contribution in [0.2, 0.25) is 0 Å². The normalized spacial score (nSPS) is 15.3. The number of rotatable bonds is 8. The van der Waals surface area contributed by atoms with Gasteiger partial charge in [0.05, 0.1) is 32.8 Å². The van der Waals surface area contributed by atoms with Crippen molar-refractivity contribution in [2.45, 2.75) is 51.9 Å². The highest BCUT2D eigenvalue weighted by Gasteiger charge is 2.26. The molecule has 152 valence electrons. The predicted octanol–water partition coefficient (Wildman–Crippen LogP) is 2.24. The molecule has 1 aliphatic carbocycles. The van der Waals surface area contributed by atoms with Gasteiger partial charge in [0.2, 0.25) is 0 Å². The van der Waals surface area contributed by atoms with Gasteiger partial charge in [-0.15, -0.1) is 0 Å². The molecule has 1 aliphatic rings. The number of aliphatic hydroxyl groups excluding tert-OH is 3. The molecule has 1 saturated carbocycles. The molecule has 0 amide bonds. The molecule has 0 saturated heterocycles. The highest BCUT2D eigenvalue weighted by atomic mass is 16.5. The SMILES string of the molecule is CCC(CO)(CO)CO.CCCOc1ccc(C2CC(=O)CC(=O)C2)cc1. The Morgan fingerprint density at radius 2 is 1.48 bits per heavy atom. The van der Waals surface area contributed by atoms with Gasteiger partial charge in [-0.2, -0.15) is 0 Å². The standard InChI is InChI=1S/C15H18O3.C6H14O3/c1-2-7-18-15-5-3-11(4-6-15)12-8-13(16)10-14(17)9-12;1-2-6(3-7,4-8)5-9/h3-6,12H,2,7-10H2,1H3;7-9H,2-5H2,1H3. The summed E-state index contributed by atoms with van der Waals surface area (Å²) in [6, 6.07) is 7.74. The van der Waals surface area contributed by atoms with Crippen molar-refractivity contribution in [1.29, 1.82) is 0 Å². The van der Waals surface area contributed by atoms with Crippen molar-refractivity contribution in [3.05, 3.63) is 29.8 Å². The Labute approximate surface area is 161 Å². The smallest absolute Gasteiger partial charge is 0.140 e. The molecule has 0 atom stereocenters. The topological polar surface area (TPSA) is 104 Å². The highest BCUT2D eigenvalue weighted by molar-refractivity contribution is 6.02. The van der Waals surface area contributed by atoms with Gasteiger partial charge < -0.3 is 20.1 Å². The van der Waals surface area contributed by atoms with E-state index >= 15 is 0 Å². The zero-order valence-corrected chi connectivity index (χ0v) is 16.3. The third kappa shape index (κ3) is 7.40. The van der Waals surface area contributed by atoms with E-state index in [0.717, 1.165) is 17.7 Å². The molecule has 0 aliphatic heterocycles. The van der Waals surface area contributed by atoms with Gasteiger partial charge >= 0.3 is 0 Å². The number of benzene rings is 1.